The number of rotatable bonds is 9. The van der Waals surface area contributed by atoms with Crippen molar-refractivity contribution in [3.63, 3.8) is 0 Å². The van der Waals surface area contributed by atoms with E-state index in [0.29, 0.717) is 26.3 Å². The van der Waals surface area contributed by atoms with Crippen LogP contribution in [0.3, 0.4) is 0 Å². The van der Waals surface area contributed by atoms with Gasteiger partial charge in [-0.05, 0) is 35.4 Å². The topological polar surface area (TPSA) is 96.9 Å². The third kappa shape index (κ3) is 6.45. The SMILES string of the molecule is COCCOc1ccc(CNC(=O)NCc2ccc(C(=O)O)cc2)cc1. The third-order valence-corrected chi connectivity index (χ3v) is 3.59. The first kappa shape index (κ1) is 19.3. The second-order valence-electron chi connectivity index (χ2n) is 5.52. The van der Waals surface area contributed by atoms with E-state index in [1.54, 1.807) is 19.2 Å². The summed E-state index contributed by atoms with van der Waals surface area (Å²) < 4.78 is 10.4. The van der Waals surface area contributed by atoms with Crippen molar-refractivity contribution in [3.8, 4) is 5.75 Å². The Morgan fingerprint density at radius 2 is 1.42 bits per heavy atom. The van der Waals surface area contributed by atoms with Crippen LogP contribution in [0.1, 0.15) is 21.5 Å². The van der Waals surface area contributed by atoms with Gasteiger partial charge < -0.3 is 25.2 Å². The normalized spacial score (nSPS) is 10.2. The predicted octanol–water partition coefficient (Wildman–Crippen LogP) is 2.41. The monoisotopic (exact) mass is 358 g/mol. The van der Waals surface area contributed by atoms with Crippen LogP contribution in [0.5, 0.6) is 5.75 Å². The van der Waals surface area contributed by atoms with Crippen molar-refractivity contribution in [1.82, 2.24) is 10.6 Å². The molecule has 138 valence electrons. The van der Waals surface area contributed by atoms with Crippen molar-refractivity contribution in [2.24, 2.45) is 0 Å². The molecule has 3 N–H and O–H groups in total. The van der Waals surface area contributed by atoms with Crippen LogP contribution in [0.2, 0.25) is 0 Å². The second-order valence-corrected chi connectivity index (χ2v) is 5.52. The molecule has 0 aliphatic rings. The Labute approximate surface area is 151 Å². The number of urea groups is 1. The van der Waals surface area contributed by atoms with Crippen LogP contribution in [0, 0.1) is 0 Å². The summed E-state index contributed by atoms with van der Waals surface area (Å²) in [5.74, 6) is -0.225. The molecule has 0 spiro atoms. The summed E-state index contributed by atoms with van der Waals surface area (Å²) in [6, 6.07) is 13.5. The molecule has 2 rings (SSSR count). The van der Waals surface area contributed by atoms with Gasteiger partial charge in [0.25, 0.3) is 0 Å². The molecule has 0 saturated heterocycles. The maximum Gasteiger partial charge on any atom is 0.335 e. The molecule has 0 fully saturated rings. The van der Waals surface area contributed by atoms with E-state index in [-0.39, 0.29) is 11.6 Å². The Morgan fingerprint density at radius 1 is 0.885 bits per heavy atom. The number of carboxylic acids is 1. The highest BCUT2D eigenvalue weighted by molar-refractivity contribution is 5.87. The van der Waals surface area contributed by atoms with E-state index in [2.05, 4.69) is 10.6 Å². The molecule has 0 bridgehead atoms. The maximum atomic E-state index is 11.9. The third-order valence-electron chi connectivity index (χ3n) is 3.59. The lowest BCUT2D eigenvalue weighted by molar-refractivity contribution is 0.0697. The zero-order chi connectivity index (χ0) is 18.8. The molecule has 0 saturated carbocycles. The molecular formula is C19H22N2O5. The number of carbonyl (C=O) groups excluding carboxylic acids is 1. The van der Waals surface area contributed by atoms with E-state index in [1.165, 1.54) is 12.1 Å². The van der Waals surface area contributed by atoms with Crippen LogP contribution in [0.4, 0.5) is 4.79 Å². The number of benzene rings is 2. The van der Waals surface area contributed by atoms with Gasteiger partial charge in [0.15, 0.2) is 0 Å². The Morgan fingerprint density at radius 3 is 1.92 bits per heavy atom. The molecule has 0 atom stereocenters. The van der Waals surface area contributed by atoms with Crippen molar-refractivity contribution in [2.75, 3.05) is 20.3 Å². The Hall–Kier alpha value is -3.06. The number of aromatic carboxylic acids is 1. The fraction of sp³-hybridized carbons (Fsp3) is 0.263. The standard InChI is InChI=1S/C19H22N2O5/c1-25-10-11-26-17-8-4-15(5-9-17)13-21-19(24)20-12-14-2-6-16(7-3-14)18(22)23/h2-9H,10-13H2,1H3,(H,22,23)(H2,20,21,24). The van der Waals surface area contributed by atoms with Gasteiger partial charge >= 0.3 is 12.0 Å². The molecule has 0 aliphatic carbocycles. The van der Waals surface area contributed by atoms with Crippen molar-refractivity contribution >= 4 is 12.0 Å². The molecular weight excluding hydrogens is 336 g/mol. The van der Waals surface area contributed by atoms with Gasteiger partial charge in [0.05, 0.1) is 12.2 Å². The Bertz CT molecular complexity index is 714. The van der Waals surface area contributed by atoms with Gasteiger partial charge in [0.2, 0.25) is 0 Å². The average molecular weight is 358 g/mol. The van der Waals surface area contributed by atoms with Crippen LogP contribution < -0.4 is 15.4 Å². The van der Waals surface area contributed by atoms with Gasteiger partial charge in [-0.1, -0.05) is 24.3 Å². The molecule has 0 radical (unpaired) electrons. The highest BCUT2D eigenvalue weighted by Crippen LogP contribution is 2.12. The first-order chi connectivity index (χ1) is 12.6. The molecule has 2 amide bonds. The zero-order valence-electron chi connectivity index (χ0n) is 14.5. The molecule has 2 aromatic rings. The minimum atomic E-state index is -0.975. The molecule has 0 heterocycles. The summed E-state index contributed by atoms with van der Waals surface area (Å²) in [4.78, 5) is 22.6. The summed E-state index contributed by atoms with van der Waals surface area (Å²) in [5.41, 5.74) is 1.99. The molecule has 0 unspecified atom stereocenters. The first-order valence-electron chi connectivity index (χ1n) is 8.13. The van der Waals surface area contributed by atoms with E-state index in [0.717, 1.165) is 16.9 Å². The average Bonchev–Trinajstić information content (AvgIpc) is 2.66. The minimum absolute atomic E-state index is 0.216. The largest absolute Gasteiger partial charge is 0.491 e. The van der Waals surface area contributed by atoms with E-state index in [9.17, 15) is 9.59 Å². The Balaban J connectivity index is 1.71. The lowest BCUT2D eigenvalue weighted by Crippen LogP contribution is -2.34. The number of ether oxygens (including phenoxy) is 2. The second kappa shape index (κ2) is 10.0. The van der Waals surface area contributed by atoms with Gasteiger partial charge in [-0.2, -0.15) is 0 Å². The molecule has 26 heavy (non-hydrogen) atoms. The van der Waals surface area contributed by atoms with Gasteiger partial charge in [-0.15, -0.1) is 0 Å². The summed E-state index contributed by atoms with van der Waals surface area (Å²) in [6.07, 6.45) is 0. The number of hydrogen-bond acceptors (Lipinski definition) is 4. The molecule has 7 heteroatoms. The molecule has 0 aliphatic heterocycles. The lowest BCUT2D eigenvalue weighted by Gasteiger charge is -2.09. The summed E-state index contributed by atoms with van der Waals surface area (Å²) in [6.45, 7) is 1.73. The van der Waals surface area contributed by atoms with Crippen molar-refractivity contribution in [1.29, 1.82) is 0 Å². The number of hydrogen-bond donors (Lipinski definition) is 3. The Kier molecular flexibility index (Phi) is 7.45. The van der Waals surface area contributed by atoms with E-state index >= 15 is 0 Å². The highest BCUT2D eigenvalue weighted by atomic mass is 16.5. The molecule has 7 nitrogen and oxygen atoms in total. The molecule has 2 aromatic carbocycles. The number of nitrogens with one attached hydrogen (secondary N) is 2. The van der Waals surface area contributed by atoms with Crippen LogP contribution in [0.15, 0.2) is 48.5 Å². The van der Waals surface area contributed by atoms with Gasteiger partial charge in [-0.3, -0.25) is 0 Å². The first-order valence-corrected chi connectivity index (χ1v) is 8.13. The summed E-state index contributed by atoms with van der Waals surface area (Å²) in [5, 5.41) is 14.3. The van der Waals surface area contributed by atoms with Gasteiger partial charge in [0, 0.05) is 20.2 Å². The number of amides is 2. The van der Waals surface area contributed by atoms with Crippen LogP contribution in [0.25, 0.3) is 0 Å². The van der Waals surface area contributed by atoms with Crippen molar-refractivity contribution in [2.45, 2.75) is 13.1 Å². The zero-order valence-corrected chi connectivity index (χ0v) is 14.5. The summed E-state index contributed by atoms with van der Waals surface area (Å²) >= 11 is 0. The maximum absolute atomic E-state index is 11.9. The van der Waals surface area contributed by atoms with Crippen molar-refractivity contribution in [3.05, 3.63) is 65.2 Å². The predicted molar refractivity (Wildman–Crippen MR) is 96.3 cm³/mol. The highest BCUT2D eigenvalue weighted by Gasteiger charge is 2.04. The van der Waals surface area contributed by atoms with E-state index in [4.69, 9.17) is 14.6 Å². The van der Waals surface area contributed by atoms with Crippen molar-refractivity contribution < 1.29 is 24.2 Å². The molecule has 0 aromatic heterocycles. The van der Waals surface area contributed by atoms with Crippen LogP contribution >= 0.6 is 0 Å². The van der Waals surface area contributed by atoms with Gasteiger partial charge in [-0.25, -0.2) is 9.59 Å². The van der Waals surface area contributed by atoms with Crippen LogP contribution in [-0.4, -0.2) is 37.4 Å². The fourth-order valence-corrected chi connectivity index (χ4v) is 2.14. The van der Waals surface area contributed by atoms with E-state index in [1.807, 2.05) is 24.3 Å². The van der Waals surface area contributed by atoms with Crippen LogP contribution in [-0.2, 0) is 17.8 Å². The smallest absolute Gasteiger partial charge is 0.335 e. The number of carbonyl (C=O) groups is 2. The summed E-state index contributed by atoms with van der Waals surface area (Å²) in [7, 11) is 1.62. The van der Waals surface area contributed by atoms with E-state index < -0.39 is 5.97 Å². The lowest BCUT2D eigenvalue weighted by atomic mass is 10.1. The quantitative estimate of drug-likeness (QED) is 0.598. The fourth-order valence-electron chi connectivity index (χ4n) is 2.14. The number of carboxylic acid groups (broad SMARTS) is 1. The number of methoxy groups -OCH3 is 1. The van der Waals surface area contributed by atoms with Gasteiger partial charge in [0.1, 0.15) is 12.4 Å². The minimum Gasteiger partial charge on any atom is -0.491 e.